The Morgan fingerprint density at radius 2 is 2.00 bits per heavy atom. The standard InChI is InChI=1S/C17H26N2/c1-4-15-6-5-7-16-9-12-19(17(15)16)13-11-18-10-8-14(2)3/h5-7,9,12,14,18H,4,8,10-11,13H2,1-3H3. The Morgan fingerprint density at radius 3 is 2.74 bits per heavy atom. The van der Waals surface area contributed by atoms with Crippen molar-refractivity contribution in [2.24, 2.45) is 5.92 Å². The molecule has 2 aromatic rings. The molecular formula is C17H26N2. The van der Waals surface area contributed by atoms with Crippen molar-refractivity contribution in [3.63, 3.8) is 0 Å². The number of aromatic nitrogens is 1. The average Bonchev–Trinajstić information content (AvgIpc) is 2.81. The largest absolute Gasteiger partial charge is 0.346 e. The Morgan fingerprint density at radius 1 is 1.16 bits per heavy atom. The third kappa shape index (κ3) is 3.60. The minimum Gasteiger partial charge on any atom is -0.346 e. The molecule has 0 aliphatic rings. The lowest BCUT2D eigenvalue weighted by molar-refractivity contribution is 0.522. The number of benzene rings is 1. The van der Waals surface area contributed by atoms with E-state index in [1.54, 1.807) is 0 Å². The van der Waals surface area contributed by atoms with Crippen LogP contribution in [0.5, 0.6) is 0 Å². The summed E-state index contributed by atoms with van der Waals surface area (Å²) in [5.41, 5.74) is 2.86. The van der Waals surface area contributed by atoms with Gasteiger partial charge in [-0.25, -0.2) is 0 Å². The molecule has 2 nitrogen and oxygen atoms in total. The summed E-state index contributed by atoms with van der Waals surface area (Å²) < 4.78 is 2.39. The van der Waals surface area contributed by atoms with Crippen LogP contribution in [0.1, 0.15) is 32.8 Å². The molecule has 0 atom stereocenters. The van der Waals surface area contributed by atoms with Gasteiger partial charge in [0.05, 0.1) is 5.52 Å². The zero-order valence-corrected chi connectivity index (χ0v) is 12.4. The van der Waals surface area contributed by atoms with E-state index in [0.717, 1.165) is 32.0 Å². The predicted molar refractivity (Wildman–Crippen MR) is 83.6 cm³/mol. The second-order valence-electron chi connectivity index (χ2n) is 5.65. The van der Waals surface area contributed by atoms with Crippen LogP contribution in [-0.4, -0.2) is 17.7 Å². The van der Waals surface area contributed by atoms with E-state index in [1.807, 2.05) is 0 Å². The molecule has 1 heterocycles. The van der Waals surface area contributed by atoms with Crippen LogP contribution in [0, 0.1) is 5.92 Å². The van der Waals surface area contributed by atoms with Gasteiger partial charge in [0.15, 0.2) is 0 Å². The van der Waals surface area contributed by atoms with E-state index < -0.39 is 0 Å². The minimum absolute atomic E-state index is 0.784. The summed E-state index contributed by atoms with van der Waals surface area (Å²) >= 11 is 0. The monoisotopic (exact) mass is 258 g/mol. The van der Waals surface area contributed by atoms with Crippen molar-refractivity contribution in [3.8, 4) is 0 Å². The molecule has 2 rings (SSSR count). The molecule has 1 N–H and O–H groups in total. The number of rotatable bonds is 7. The maximum Gasteiger partial charge on any atom is 0.0513 e. The van der Waals surface area contributed by atoms with E-state index in [1.165, 1.54) is 22.9 Å². The number of nitrogens with zero attached hydrogens (tertiary/aromatic N) is 1. The van der Waals surface area contributed by atoms with Crippen LogP contribution >= 0.6 is 0 Å². The van der Waals surface area contributed by atoms with Crippen LogP contribution in [0.15, 0.2) is 30.5 Å². The van der Waals surface area contributed by atoms with Gasteiger partial charge >= 0.3 is 0 Å². The van der Waals surface area contributed by atoms with Crippen molar-refractivity contribution in [2.45, 2.75) is 40.2 Å². The Bertz CT molecular complexity index is 511. The number of hydrogen-bond acceptors (Lipinski definition) is 1. The van der Waals surface area contributed by atoms with Crippen molar-refractivity contribution in [3.05, 3.63) is 36.0 Å². The lowest BCUT2D eigenvalue weighted by Crippen LogP contribution is -2.21. The van der Waals surface area contributed by atoms with Crippen LogP contribution in [0.3, 0.4) is 0 Å². The fourth-order valence-electron chi connectivity index (χ4n) is 2.53. The number of aryl methyl sites for hydroxylation is 1. The van der Waals surface area contributed by atoms with Gasteiger partial charge in [-0.3, -0.25) is 0 Å². The van der Waals surface area contributed by atoms with Crippen LogP contribution in [-0.2, 0) is 13.0 Å². The number of para-hydroxylation sites is 1. The second kappa shape index (κ2) is 6.76. The molecule has 0 bridgehead atoms. The summed E-state index contributed by atoms with van der Waals surface area (Å²) in [5.74, 6) is 0.784. The number of fused-ring (bicyclic) bond motifs is 1. The van der Waals surface area contributed by atoms with Gasteiger partial charge in [-0.05, 0) is 42.3 Å². The van der Waals surface area contributed by atoms with E-state index in [-0.39, 0.29) is 0 Å². The smallest absolute Gasteiger partial charge is 0.0513 e. The topological polar surface area (TPSA) is 17.0 Å². The highest BCUT2D eigenvalue weighted by Gasteiger charge is 2.04. The van der Waals surface area contributed by atoms with Gasteiger partial charge in [0, 0.05) is 19.3 Å². The Labute approximate surface area is 116 Å². The van der Waals surface area contributed by atoms with Crippen molar-refractivity contribution >= 4 is 10.9 Å². The molecule has 1 aromatic heterocycles. The van der Waals surface area contributed by atoms with Gasteiger partial charge in [-0.1, -0.05) is 39.0 Å². The molecule has 0 saturated carbocycles. The molecule has 0 amide bonds. The van der Waals surface area contributed by atoms with Gasteiger partial charge in [0.1, 0.15) is 0 Å². The predicted octanol–water partition coefficient (Wildman–Crippen LogP) is 3.84. The molecule has 0 spiro atoms. The molecule has 0 aliphatic carbocycles. The van der Waals surface area contributed by atoms with Crippen molar-refractivity contribution in [2.75, 3.05) is 13.1 Å². The quantitative estimate of drug-likeness (QED) is 0.747. The average molecular weight is 258 g/mol. The van der Waals surface area contributed by atoms with Gasteiger partial charge in [-0.15, -0.1) is 0 Å². The lowest BCUT2D eigenvalue weighted by Gasteiger charge is -2.10. The molecule has 0 aliphatic heterocycles. The fourth-order valence-corrected chi connectivity index (χ4v) is 2.53. The van der Waals surface area contributed by atoms with E-state index >= 15 is 0 Å². The summed E-state index contributed by atoms with van der Waals surface area (Å²) in [5, 5.41) is 4.90. The molecule has 0 saturated heterocycles. The van der Waals surface area contributed by atoms with Gasteiger partial charge in [0.2, 0.25) is 0 Å². The fraction of sp³-hybridized carbons (Fsp3) is 0.529. The van der Waals surface area contributed by atoms with Crippen LogP contribution in [0.4, 0.5) is 0 Å². The normalized spacial score (nSPS) is 11.6. The molecule has 19 heavy (non-hydrogen) atoms. The molecule has 0 fully saturated rings. The summed E-state index contributed by atoms with van der Waals surface area (Å²) in [7, 11) is 0. The highest BCUT2D eigenvalue weighted by molar-refractivity contribution is 5.83. The van der Waals surface area contributed by atoms with Crippen molar-refractivity contribution in [1.29, 1.82) is 0 Å². The first-order valence-electron chi connectivity index (χ1n) is 7.49. The number of hydrogen-bond donors (Lipinski definition) is 1. The Balaban J connectivity index is 1.97. The lowest BCUT2D eigenvalue weighted by atomic mass is 10.1. The minimum atomic E-state index is 0.784. The molecule has 0 unspecified atom stereocenters. The van der Waals surface area contributed by atoms with Crippen molar-refractivity contribution < 1.29 is 0 Å². The Hall–Kier alpha value is -1.28. The van der Waals surface area contributed by atoms with Gasteiger partial charge in [-0.2, -0.15) is 0 Å². The zero-order chi connectivity index (χ0) is 13.7. The summed E-state index contributed by atoms with van der Waals surface area (Å²) in [6, 6.07) is 8.83. The maximum absolute atomic E-state index is 3.54. The second-order valence-corrected chi connectivity index (χ2v) is 5.65. The van der Waals surface area contributed by atoms with Gasteiger partial charge < -0.3 is 9.88 Å². The summed E-state index contributed by atoms with van der Waals surface area (Å²) in [6.45, 7) is 10.0. The third-order valence-electron chi connectivity index (χ3n) is 3.68. The Kier molecular flexibility index (Phi) is 5.03. The van der Waals surface area contributed by atoms with Crippen LogP contribution in [0.2, 0.25) is 0 Å². The van der Waals surface area contributed by atoms with E-state index in [2.05, 4.69) is 61.1 Å². The van der Waals surface area contributed by atoms with Crippen LogP contribution < -0.4 is 5.32 Å². The highest BCUT2D eigenvalue weighted by atomic mass is 15.0. The first-order chi connectivity index (χ1) is 9.22. The molecular weight excluding hydrogens is 232 g/mol. The number of nitrogens with one attached hydrogen (secondary N) is 1. The third-order valence-corrected chi connectivity index (χ3v) is 3.68. The molecule has 104 valence electrons. The maximum atomic E-state index is 3.54. The van der Waals surface area contributed by atoms with Gasteiger partial charge in [0.25, 0.3) is 0 Å². The molecule has 0 radical (unpaired) electrons. The van der Waals surface area contributed by atoms with E-state index in [0.29, 0.717) is 0 Å². The molecule has 1 aromatic carbocycles. The van der Waals surface area contributed by atoms with E-state index in [9.17, 15) is 0 Å². The highest BCUT2D eigenvalue weighted by Crippen LogP contribution is 2.20. The summed E-state index contributed by atoms with van der Waals surface area (Å²) in [6.07, 6.45) is 4.57. The SMILES string of the molecule is CCc1cccc2ccn(CCNCCC(C)C)c12. The van der Waals surface area contributed by atoms with Crippen LogP contribution in [0.25, 0.3) is 10.9 Å². The molecule has 2 heteroatoms. The zero-order valence-electron chi connectivity index (χ0n) is 12.4. The first kappa shape index (κ1) is 14.1. The first-order valence-corrected chi connectivity index (χ1v) is 7.49. The van der Waals surface area contributed by atoms with Crippen molar-refractivity contribution in [1.82, 2.24) is 9.88 Å². The van der Waals surface area contributed by atoms with E-state index in [4.69, 9.17) is 0 Å². The summed E-state index contributed by atoms with van der Waals surface area (Å²) in [4.78, 5) is 0.